The Balaban J connectivity index is 1.78. The number of halogens is 1. The maximum absolute atomic E-state index is 11.2. The normalized spacial score (nSPS) is 25.0. The highest BCUT2D eigenvalue weighted by atomic mass is 79.9. The molecule has 0 spiro atoms. The summed E-state index contributed by atoms with van der Waals surface area (Å²) >= 11 is 3.57. The van der Waals surface area contributed by atoms with Crippen molar-refractivity contribution in [3.8, 4) is 11.5 Å². The van der Waals surface area contributed by atoms with Crippen molar-refractivity contribution in [1.29, 1.82) is 0 Å². The molecule has 2 unspecified atom stereocenters. The molecule has 0 bridgehead atoms. The summed E-state index contributed by atoms with van der Waals surface area (Å²) in [6.07, 6.45) is 0.707. The third kappa shape index (κ3) is 2.87. The molecule has 2 atom stereocenters. The lowest BCUT2D eigenvalue weighted by Gasteiger charge is -2.25. The van der Waals surface area contributed by atoms with Crippen LogP contribution in [0.3, 0.4) is 0 Å². The van der Waals surface area contributed by atoms with Gasteiger partial charge in [0, 0.05) is 17.1 Å². The fraction of sp³-hybridized carbons (Fsp3) is 0.533. The van der Waals surface area contributed by atoms with Crippen molar-refractivity contribution in [3.63, 3.8) is 0 Å². The van der Waals surface area contributed by atoms with Crippen LogP contribution in [-0.2, 0) is 11.3 Å². The fourth-order valence-corrected chi connectivity index (χ4v) is 3.45. The van der Waals surface area contributed by atoms with Crippen molar-refractivity contribution < 1.29 is 19.4 Å². The zero-order valence-corrected chi connectivity index (χ0v) is 13.4. The van der Waals surface area contributed by atoms with Crippen molar-refractivity contribution in [2.75, 3.05) is 19.8 Å². The molecular weight excluding hydrogens is 338 g/mol. The maximum Gasteiger partial charge on any atom is 0.308 e. The molecule has 6 heteroatoms. The van der Waals surface area contributed by atoms with Crippen LogP contribution >= 0.6 is 15.9 Å². The van der Waals surface area contributed by atoms with Crippen LogP contribution < -0.4 is 9.47 Å². The Kier molecular flexibility index (Phi) is 4.08. The summed E-state index contributed by atoms with van der Waals surface area (Å²) in [6.45, 7) is 4.64. The Labute approximate surface area is 132 Å². The maximum atomic E-state index is 11.2. The summed E-state index contributed by atoms with van der Waals surface area (Å²) in [5, 5.41) is 9.21. The van der Waals surface area contributed by atoms with Crippen LogP contribution in [-0.4, -0.2) is 41.8 Å². The van der Waals surface area contributed by atoms with Gasteiger partial charge in [0.05, 0.1) is 5.92 Å². The molecule has 21 heavy (non-hydrogen) atoms. The number of likely N-dealkylation sites (tertiary alicyclic amines) is 1. The highest BCUT2D eigenvalue weighted by Gasteiger charge is 2.35. The Morgan fingerprint density at radius 3 is 2.67 bits per heavy atom. The van der Waals surface area contributed by atoms with E-state index in [0.717, 1.165) is 28.1 Å². The van der Waals surface area contributed by atoms with E-state index < -0.39 is 5.97 Å². The first-order chi connectivity index (χ1) is 10.1. The minimum atomic E-state index is -0.703. The number of rotatable bonds is 3. The molecule has 1 N–H and O–H groups in total. The van der Waals surface area contributed by atoms with Gasteiger partial charge in [0.15, 0.2) is 11.5 Å². The topological polar surface area (TPSA) is 59.0 Å². The number of hydrogen-bond acceptors (Lipinski definition) is 4. The van der Waals surface area contributed by atoms with E-state index in [0.29, 0.717) is 26.2 Å². The lowest BCUT2D eigenvalue weighted by molar-refractivity contribution is -0.142. The van der Waals surface area contributed by atoms with Gasteiger partial charge < -0.3 is 14.6 Å². The number of nitrogens with zero attached hydrogens (tertiary/aromatic N) is 1. The van der Waals surface area contributed by atoms with Crippen molar-refractivity contribution in [1.82, 2.24) is 4.90 Å². The van der Waals surface area contributed by atoms with Crippen LogP contribution in [0.25, 0.3) is 0 Å². The van der Waals surface area contributed by atoms with Crippen molar-refractivity contribution in [3.05, 3.63) is 22.2 Å². The van der Waals surface area contributed by atoms with Gasteiger partial charge in [0.1, 0.15) is 13.2 Å². The minimum Gasteiger partial charge on any atom is -0.486 e. The van der Waals surface area contributed by atoms with Crippen molar-refractivity contribution >= 4 is 21.9 Å². The SMILES string of the molecule is CC1C(C(=O)O)CCN1Cc1cc2c(cc1Br)OCCO2. The van der Waals surface area contributed by atoms with Crippen LogP contribution in [0.4, 0.5) is 0 Å². The van der Waals surface area contributed by atoms with Crippen LogP contribution in [0.2, 0.25) is 0 Å². The van der Waals surface area contributed by atoms with Gasteiger partial charge in [-0.15, -0.1) is 0 Å². The van der Waals surface area contributed by atoms with Crippen molar-refractivity contribution in [2.24, 2.45) is 5.92 Å². The second kappa shape index (κ2) is 5.85. The largest absolute Gasteiger partial charge is 0.486 e. The molecule has 0 saturated carbocycles. The second-order valence-electron chi connectivity index (χ2n) is 5.53. The molecule has 1 aromatic rings. The Morgan fingerprint density at radius 2 is 2.05 bits per heavy atom. The standard InChI is InChI=1S/C15H18BrNO4/c1-9-11(15(18)19)2-3-17(9)8-10-6-13-14(7-12(10)16)21-5-4-20-13/h6-7,9,11H,2-5,8H2,1H3,(H,18,19). The summed E-state index contributed by atoms with van der Waals surface area (Å²) in [5.74, 6) is 0.545. The number of benzene rings is 1. The van der Waals surface area contributed by atoms with E-state index in [9.17, 15) is 9.90 Å². The lowest BCUT2D eigenvalue weighted by Crippen LogP contribution is -2.32. The van der Waals surface area contributed by atoms with E-state index in [4.69, 9.17) is 9.47 Å². The first-order valence-corrected chi connectivity index (χ1v) is 7.90. The number of ether oxygens (including phenoxy) is 2. The summed E-state index contributed by atoms with van der Waals surface area (Å²) in [7, 11) is 0. The summed E-state index contributed by atoms with van der Waals surface area (Å²) in [5.41, 5.74) is 1.09. The van der Waals surface area contributed by atoms with Crippen LogP contribution in [0.15, 0.2) is 16.6 Å². The number of carboxylic acids is 1. The zero-order valence-electron chi connectivity index (χ0n) is 11.8. The van der Waals surface area contributed by atoms with Gasteiger partial charge in [-0.05, 0) is 37.6 Å². The Morgan fingerprint density at radius 1 is 1.38 bits per heavy atom. The van der Waals surface area contributed by atoms with Gasteiger partial charge in [0.25, 0.3) is 0 Å². The summed E-state index contributed by atoms with van der Waals surface area (Å²) in [4.78, 5) is 13.4. The summed E-state index contributed by atoms with van der Waals surface area (Å²) < 4.78 is 12.1. The van der Waals surface area contributed by atoms with Crippen LogP contribution in [0.5, 0.6) is 11.5 Å². The molecule has 2 aliphatic rings. The number of carboxylic acid groups (broad SMARTS) is 1. The van der Waals surface area contributed by atoms with E-state index in [1.807, 2.05) is 19.1 Å². The fourth-order valence-electron chi connectivity index (χ4n) is 3.00. The van der Waals surface area contributed by atoms with Gasteiger partial charge in [0.2, 0.25) is 0 Å². The molecule has 0 amide bonds. The average Bonchev–Trinajstić information content (AvgIpc) is 2.81. The molecule has 0 radical (unpaired) electrons. The molecule has 1 aromatic carbocycles. The number of hydrogen-bond donors (Lipinski definition) is 1. The monoisotopic (exact) mass is 355 g/mol. The predicted molar refractivity (Wildman–Crippen MR) is 80.7 cm³/mol. The lowest BCUT2D eigenvalue weighted by atomic mass is 10.0. The van der Waals surface area contributed by atoms with Crippen LogP contribution in [0, 0.1) is 5.92 Å². The number of fused-ring (bicyclic) bond motifs is 1. The predicted octanol–water partition coefficient (Wildman–Crippen LogP) is 2.52. The quantitative estimate of drug-likeness (QED) is 0.902. The highest BCUT2D eigenvalue weighted by molar-refractivity contribution is 9.10. The molecule has 5 nitrogen and oxygen atoms in total. The van der Waals surface area contributed by atoms with E-state index in [1.54, 1.807) is 0 Å². The molecule has 0 aromatic heterocycles. The Bertz CT molecular complexity index is 563. The molecule has 2 aliphatic heterocycles. The van der Waals surface area contributed by atoms with E-state index in [2.05, 4.69) is 20.8 Å². The second-order valence-corrected chi connectivity index (χ2v) is 6.39. The molecular formula is C15H18BrNO4. The molecule has 3 rings (SSSR count). The van der Waals surface area contributed by atoms with Gasteiger partial charge in [-0.1, -0.05) is 15.9 Å². The zero-order chi connectivity index (χ0) is 15.0. The van der Waals surface area contributed by atoms with E-state index in [1.165, 1.54) is 0 Å². The smallest absolute Gasteiger partial charge is 0.308 e. The average molecular weight is 356 g/mol. The van der Waals surface area contributed by atoms with Gasteiger partial charge in [-0.2, -0.15) is 0 Å². The molecule has 2 heterocycles. The van der Waals surface area contributed by atoms with Gasteiger partial charge in [-0.25, -0.2) is 0 Å². The third-order valence-corrected chi connectivity index (χ3v) is 5.03. The minimum absolute atomic E-state index is 0.0441. The van der Waals surface area contributed by atoms with Crippen LogP contribution in [0.1, 0.15) is 18.9 Å². The number of carbonyl (C=O) groups is 1. The van der Waals surface area contributed by atoms with Gasteiger partial charge >= 0.3 is 5.97 Å². The van der Waals surface area contributed by atoms with Gasteiger partial charge in [-0.3, -0.25) is 9.69 Å². The first kappa shape index (κ1) is 14.7. The van der Waals surface area contributed by atoms with Crippen molar-refractivity contribution in [2.45, 2.75) is 25.9 Å². The first-order valence-electron chi connectivity index (χ1n) is 7.11. The highest BCUT2D eigenvalue weighted by Crippen LogP contribution is 2.37. The molecule has 1 saturated heterocycles. The molecule has 1 fully saturated rings. The summed E-state index contributed by atoms with van der Waals surface area (Å²) in [6, 6.07) is 3.96. The Hall–Kier alpha value is -1.27. The van der Waals surface area contributed by atoms with E-state index in [-0.39, 0.29) is 12.0 Å². The third-order valence-electron chi connectivity index (χ3n) is 4.29. The molecule has 0 aliphatic carbocycles. The van der Waals surface area contributed by atoms with E-state index >= 15 is 0 Å². The number of aliphatic carboxylic acids is 1. The molecule has 114 valence electrons.